The SMILES string of the molecule is Cc1ccc(S(=O)(=O)NC2(CO)CCC2)c2cccnc12. The number of hydrogen-bond donors (Lipinski definition) is 2. The molecular formula is C15H18N2O3S. The monoisotopic (exact) mass is 306 g/mol. The predicted octanol–water partition coefficient (Wildman–Crippen LogP) is 1.74. The van der Waals surface area contributed by atoms with Gasteiger partial charge in [-0.15, -0.1) is 0 Å². The van der Waals surface area contributed by atoms with E-state index in [1.165, 1.54) is 0 Å². The molecule has 112 valence electrons. The number of aliphatic hydroxyl groups is 1. The first-order chi connectivity index (χ1) is 9.97. The molecule has 0 bridgehead atoms. The van der Waals surface area contributed by atoms with Crippen LogP contribution in [-0.4, -0.2) is 30.7 Å². The Hall–Kier alpha value is -1.50. The standard InChI is InChI=1S/C15H18N2O3S/c1-11-5-6-13(12-4-2-9-16-14(11)12)21(19,20)17-15(10-18)7-3-8-15/h2,4-6,9,17-18H,3,7-8,10H2,1H3. The lowest BCUT2D eigenvalue weighted by molar-refractivity contribution is 0.111. The van der Waals surface area contributed by atoms with Crippen molar-refractivity contribution in [1.29, 1.82) is 0 Å². The molecule has 1 fully saturated rings. The summed E-state index contributed by atoms with van der Waals surface area (Å²) in [6, 6.07) is 6.85. The van der Waals surface area contributed by atoms with E-state index >= 15 is 0 Å². The second-order valence-electron chi connectivity index (χ2n) is 5.68. The van der Waals surface area contributed by atoms with Crippen LogP contribution in [-0.2, 0) is 10.0 Å². The topological polar surface area (TPSA) is 79.3 Å². The Morgan fingerprint density at radius 3 is 2.71 bits per heavy atom. The zero-order chi connectivity index (χ0) is 15.1. The van der Waals surface area contributed by atoms with Crippen molar-refractivity contribution < 1.29 is 13.5 Å². The van der Waals surface area contributed by atoms with E-state index in [4.69, 9.17) is 0 Å². The average molecular weight is 306 g/mol. The number of aliphatic hydroxyl groups excluding tert-OH is 1. The van der Waals surface area contributed by atoms with Gasteiger partial charge in [-0.3, -0.25) is 4.98 Å². The van der Waals surface area contributed by atoms with Crippen LogP contribution < -0.4 is 4.72 Å². The summed E-state index contributed by atoms with van der Waals surface area (Å²) in [5.74, 6) is 0. The van der Waals surface area contributed by atoms with Crippen LogP contribution >= 0.6 is 0 Å². The van der Waals surface area contributed by atoms with Gasteiger partial charge in [0, 0.05) is 11.6 Å². The number of aromatic nitrogens is 1. The van der Waals surface area contributed by atoms with Crippen molar-refractivity contribution in [1.82, 2.24) is 9.71 Å². The van der Waals surface area contributed by atoms with Crippen molar-refractivity contribution in [3.63, 3.8) is 0 Å². The van der Waals surface area contributed by atoms with Crippen LogP contribution in [0, 0.1) is 6.92 Å². The molecule has 2 aromatic rings. The molecule has 3 rings (SSSR count). The van der Waals surface area contributed by atoms with E-state index < -0.39 is 15.6 Å². The Kier molecular flexibility index (Phi) is 3.47. The van der Waals surface area contributed by atoms with Crippen molar-refractivity contribution in [2.24, 2.45) is 0 Å². The van der Waals surface area contributed by atoms with Gasteiger partial charge in [0.1, 0.15) is 0 Å². The molecule has 1 saturated carbocycles. The summed E-state index contributed by atoms with van der Waals surface area (Å²) in [7, 11) is -3.68. The first-order valence-corrected chi connectivity index (χ1v) is 8.45. The summed E-state index contributed by atoms with van der Waals surface area (Å²) in [5, 5.41) is 10.1. The quantitative estimate of drug-likeness (QED) is 0.901. The fourth-order valence-corrected chi connectivity index (χ4v) is 4.41. The smallest absolute Gasteiger partial charge is 0.241 e. The normalized spacial score (nSPS) is 17.6. The van der Waals surface area contributed by atoms with Crippen LogP contribution in [0.25, 0.3) is 10.9 Å². The maximum absolute atomic E-state index is 12.7. The molecule has 0 saturated heterocycles. The first kappa shape index (κ1) is 14.4. The fraction of sp³-hybridized carbons (Fsp3) is 0.400. The fourth-order valence-electron chi connectivity index (χ4n) is 2.76. The third kappa shape index (κ3) is 2.43. The minimum absolute atomic E-state index is 0.172. The molecule has 5 nitrogen and oxygen atoms in total. The Balaban J connectivity index is 2.09. The number of hydrogen-bond acceptors (Lipinski definition) is 4. The number of fused-ring (bicyclic) bond motifs is 1. The first-order valence-electron chi connectivity index (χ1n) is 6.97. The number of pyridine rings is 1. The Bertz CT molecular complexity index is 777. The number of nitrogens with zero attached hydrogens (tertiary/aromatic N) is 1. The Morgan fingerprint density at radius 2 is 2.10 bits per heavy atom. The number of sulfonamides is 1. The molecule has 0 radical (unpaired) electrons. The van der Waals surface area contributed by atoms with Gasteiger partial charge in [-0.1, -0.05) is 6.07 Å². The van der Waals surface area contributed by atoms with Crippen LogP contribution in [0.3, 0.4) is 0 Å². The minimum Gasteiger partial charge on any atom is -0.394 e. The van der Waals surface area contributed by atoms with Crippen LogP contribution in [0.2, 0.25) is 0 Å². The second-order valence-corrected chi connectivity index (χ2v) is 7.33. The highest BCUT2D eigenvalue weighted by Gasteiger charge is 2.40. The number of rotatable bonds is 4. The van der Waals surface area contributed by atoms with E-state index in [2.05, 4.69) is 9.71 Å². The van der Waals surface area contributed by atoms with Crippen molar-refractivity contribution >= 4 is 20.9 Å². The van der Waals surface area contributed by atoms with Gasteiger partial charge in [-0.25, -0.2) is 13.1 Å². The molecule has 0 atom stereocenters. The number of nitrogens with one attached hydrogen (secondary N) is 1. The summed E-state index contributed by atoms with van der Waals surface area (Å²) in [6.07, 6.45) is 3.93. The number of aryl methyl sites for hydroxylation is 1. The minimum atomic E-state index is -3.68. The summed E-state index contributed by atoms with van der Waals surface area (Å²) in [5.41, 5.74) is 0.926. The van der Waals surface area contributed by atoms with Crippen LogP contribution in [0.1, 0.15) is 24.8 Å². The largest absolute Gasteiger partial charge is 0.394 e. The third-order valence-corrected chi connectivity index (χ3v) is 5.82. The molecule has 0 spiro atoms. The lowest BCUT2D eigenvalue weighted by Gasteiger charge is -2.40. The van der Waals surface area contributed by atoms with E-state index in [0.29, 0.717) is 23.7 Å². The maximum Gasteiger partial charge on any atom is 0.241 e. The van der Waals surface area contributed by atoms with Crippen LogP contribution in [0.15, 0.2) is 35.4 Å². The van der Waals surface area contributed by atoms with Crippen LogP contribution in [0.4, 0.5) is 0 Å². The van der Waals surface area contributed by atoms with Gasteiger partial charge in [-0.05, 0) is 49.9 Å². The van der Waals surface area contributed by atoms with Crippen molar-refractivity contribution in [3.8, 4) is 0 Å². The lowest BCUT2D eigenvalue weighted by atomic mass is 9.78. The van der Waals surface area contributed by atoms with E-state index in [1.807, 2.05) is 6.92 Å². The summed E-state index contributed by atoms with van der Waals surface area (Å²) >= 11 is 0. The molecule has 1 aliphatic carbocycles. The van der Waals surface area contributed by atoms with E-state index in [-0.39, 0.29) is 11.5 Å². The third-order valence-electron chi connectivity index (χ3n) is 4.19. The van der Waals surface area contributed by atoms with Gasteiger partial charge < -0.3 is 5.11 Å². The maximum atomic E-state index is 12.7. The molecule has 21 heavy (non-hydrogen) atoms. The molecule has 1 heterocycles. The Labute approximate surface area is 124 Å². The molecule has 0 amide bonds. The summed E-state index contributed by atoms with van der Waals surface area (Å²) in [6.45, 7) is 1.73. The zero-order valence-corrected chi connectivity index (χ0v) is 12.7. The molecule has 1 aromatic heterocycles. The van der Waals surface area contributed by atoms with Crippen molar-refractivity contribution in [2.45, 2.75) is 36.6 Å². The lowest BCUT2D eigenvalue weighted by Crippen LogP contribution is -2.55. The molecule has 0 aliphatic heterocycles. The molecule has 2 N–H and O–H groups in total. The molecule has 0 unspecified atom stereocenters. The molecule has 1 aromatic carbocycles. The van der Waals surface area contributed by atoms with Gasteiger partial charge in [0.25, 0.3) is 0 Å². The average Bonchev–Trinajstić information content (AvgIpc) is 2.43. The van der Waals surface area contributed by atoms with Gasteiger partial charge in [0.05, 0.1) is 22.6 Å². The van der Waals surface area contributed by atoms with Gasteiger partial charge in [0.15, 0.2) is 0 Å². The van der Waals surface area contributed by atoms with E-state index in [0.717, 1.165) is 12.0 Å². The second kappa shape index (κ2) is 5.05. The highest BCUT2D eigenvalue weighted by Crippen LogP contribution is 2.34. The van der Waals surface area contributed by atoms with Gasteiger partial charge in [0.2, 0.25) is 10.0 Å². The summed E-state index contributed by atoms with van der Waals surface area (Å²) < 4.78 is 28.0. The number of benzene rings is 1. The van der Waals surface area contributed by atoms with Gasteiger partial charge in [-0.2, -0.15) is 0 Å². The predicted molar refractivity (Wildman–Crippen MR) is 80.5 cm³/mol. The van der Waals surface area contributed by atoms with E-state index in [9.17, 15) is 13.5 Å². The molecular weight excluding hydrogens is 288 g/mol. The molecule has 1 aliphatic rings. The highest BCUT2D eigenvalue weighted by molar-refractivity contribution is 7.89. The highest BCUT2D eigenvalue weighted by atomic mass is 32.2. The summed E-state index contributed by atoms with van der Waals surface area (Å²) in [4.78, 5) is 4.48. The van der Waals surface area contributed by atoms with Crippen molar-refractivity contribution in [2.75, 3.05) is 6.61 Å². The molecule has 6 heteroatoms. The van der Waals surface area contributed by atoms with Crippen LogP contribution in [0.5, 0.6) is 0 Å². The van der Waals surface area contributed by atoms with Gasteiger partial charge >= 0.3 is 0 Å². The zero-order valence-electron chi connectivity index (χ0n) is 11.8. The Morgan fingerprint density at radius 1 is 1.33 bits per heavy atom. The van der Waals surface area contributed by atoms with E-state index in [1.54, 1.807) is 30.5 Å². The van der Waals surface area contributed by atoms with Crippen molar-refractivity contribution in [3.05, 3.63) is 36.0 Å².